The van der Waals surface area contributed by atoms with Gasteiger partial charge in [0.2, 0.25) is 0 Å². The van der Waals surface area contributed by atoms with Crippen molar-refractivity contribution in [2.75, 3.05) is 13.2 Å². The van der Waals surface area contributed by atoms with E-state index in [0.29, 0.717) is 43.1 Å². The Labute approximate surface area is 112 Å². The van der Waals surface area contributed by atoms with Crippen LogP contribution in [0.2, 0.25) is 0 Å². The summed E-state index contributed by atoms with van der Waals surface area (Å²) >= 11 is 0. The minimum Gasteiger partial charge on any atom is -0.481 e. The molecule has 0 atom stereocenters. The predicted molar refractivity (Wildman–Crippen MR) is 70.4 cm³/mol. The molecule has 0 bridgehead atoms. The van der Waals surface area contributed by atoms with Crippen molar-refractivity contribution in [1.29, 1.82) is 0 Å². The van der Waals surface area contributed by atoms with Crippen LogP contribution in [0.4, 0.5) is 0 Å². The summed E-state index contributed by atoms with van der Waals surface area (Å²) in [5.41, 5.74) is 1.45. The monoisotopic (exact) mass is 268 g/mol. The number of carboxylic acids is 1. The smallest absolute Gasteiger partial charge is 0.347 e. The Morgan fingerprint density at radius 2 is 2.11 bits per heavy atom. The molecule has 1 aromatic rings. The fourth-order valence-electron chi connectivity index (χ4n) is 1.98. The van der Waals surface area contributed by atoms with Gasteiger partial charge in [0.05, 0.1) is 6.42 Å². The van der Waals surface area contributed by atoms with Gasteiger partial charge in [0.1, 0.15) is 0 Å². The summed E-state index contributed by atoms with van der Waals surface area (Å²) < 4.78 is 6.74. The maximum Gasteiger partial charge on any atom is 0.347 e. The van der Waals surface area contributed by atoms with Crippen LogP contribution < -0.4 is 5.69 Å². The lowest BCUT2D eigenvalue weighted by Crippen LogP contribution is -2.29. The molecule has 1 heterocycles. The number of ether oxygens (including phenoxy) is 1. The highest BCUT2D eigenvalue weighted by Gasteiger charge is 2.13. The molecule has 0 fully saturated rings. The van der Waals surface area contributed by atoms with E-state index < -0.39 is 5.97 Å². The number of aromatic nitrogens is 2. The standard InChI is InChI=1S/C13H20N2O4/c1-4-19-7-5-6-15-10(3)11(8-12(16)17)9(2)14-13(15)18/h4-8H2,1-3H3,(H,16,17). The first kappa shape index (κ1) is 15.4. The minimum atomic E-state index is -0.924. The van der Waals surface area contributed by atoms with Gasteiger partial charge in [-0.15, -0.1) is 0 Å². The lowest BCUT2D eigenvalue weighted by atomic mass is 10.1. The first-order chi connectivity index (χ1) is 8.97. The van der Waals surface area contributed by atoms with Gasteiger partial charge in [-0.3, -0.25) is 9.36 Å². The van der Waals surface area contributed by atoms with Crippen molar-refractivity contribution in [2.45, 2.75) is 40.2 Å². The number of nitrogens with zero attached hydrogens (tertiary/aromatic N) is 2. The van der Waals surface area contributed by atoms with Crippen LogP contribution in [0.3, 0.4) is 0 Å². The molecule has 1 N–H and O–H groups in total. The number of hydrogen-bond donors (Lipinski definition) is 1. The number of aryl methyl sites for hydroxylation is 1. The molecule has 0 amide bonds. The summed E-state index contributed by atoms with van der Waals surface area (Å²) in [6.07, 6.45) is 0.586. The van der Waals surface area contributed by atoms with Gasteiger partial charge >= 0.3 is 11.7 Å². The van der Waals surface area contributed by atoms with Gasteiger partial charge in [0.15, 0.2) is 0 Å². The van der Waals surface area contributed by atoms with Crippen LogP contribution in [-0.4, -0.2) is 33.8 Å². The molecular weight excluding hydrogens is 248 g/mol. The summed E-state index contributed by atoms with van der Waals surface area (Å²) in [7, 11) is 0. The second-order valence-corrected chi connectivity index (χ2v) is 4.32. The Kier molecular flexibility index (Phi) is 5.69. The largest absolute Gasteiger partial charge is 0.481 e. The first-order valence-electron chi connectivity index (χ1n) is 6.33. The van der Waals surface area contributed by atoms with Crippen molar-refractivity contribution in [3.05, 3.63) is 27.4 Å². The van der Waals surface area contributed by atoms with E-state index in [1.54, 1.807) is 13.8 Å². The number of rotatable bonds is 7. The summed E-state index contributed by atoms with van der Waals surface area (Å²) in [5, 5.41) is 8.89. The minimum absolute atomic E-state index is 0.115. The van der Waals surface area contributed by atoms with Crippen LogP contribution in [0.25, 0.3) is 0 Å². The fourth-order valence-corrected chi connectivity index (χ4v) is 1.98. The third-order valence-corrected chi connectivity index (χ3v) is 2.98. The molecule has 0 radical (unpaired) electrons. The Morgan fingerprint density at radius 3 is 2.68 bits per heavy atom. The van der Waals surface area contributed by atoms with Crippen molar-refractivity contribution in [3.63, 3.8) is 0 Å². The van der Waals surface area contributed by atoms with E-state index >= 15 is 0 Å². The topological polar surface area (TPSA) is 81.4 Å². The van der Waals surface area contributed by atoms with Gasteiger partial charge in [-0.25, -0.2) is 4.79 Å². The van der Waals surface area contributed by atoms with Gasteiger partial charge in [0, 0.05) is 36.7 Å². The highest BCUT2D eigenvalue weighted by molar-refractivity contribution is 5.70. The number of hydrogen-bond acceptors (Lipinski definition) is 4. The van der Waals surface area contributed by atoms with Gasteiger partial charge in [0.25, 0.3) is 0 Å². The third-order valence-electron chi connectivity index (χ3n) is 2.98. The number of carbonyl (C=O) groups is 1. The van der Waals surface area contributed by atoms with E-state index in [2.05, 4.69) is 4.98 Å². The molecule has 0 saturated carbocycles. The van der Waals surface area contributed by atoms with Crippen molar-refractivity contribution in [1.82, 2.24) is 9.55 Å². The fraction of sp³-hybridized carbons (Fsp3) is 0.615. The van der Waals surface area contributed by atoms with Crippen molar-refractivity contribution < 1.29 is 14.6 Å². The molecule has 6 nitrogen and oxygen atoms in total. The summed E-state index contributed by atoms with van der Waals surface area (Å²) in [6.45, 7) is 7.04. The molecule has 0 unspecified atom stereocenters. The highest BCUT2D eigenvalue weighted by Crippen LogP contribution is 2.10. The summed E-state index contributed by atoms with van der Waals surface area (Å²) in [5.74, 6) is -0.924. The van der Waals surface area contributed by atoms with E-state index in [1.807, 2.05) is 6.92 Å². The molecule has 0 aliphatic heterocycles. The maximum absolute atomic E-state index is 11.8. The zero-order valence-electron chi connectivity index (χ0n) is 11.6. The second-order valence-electron chi connectivity index (χ2n) is 4.32. The molecule has 0 aliphatic carbocycles. The molecule has 106 valence electrons. The van der Waals surface area contributed by atoms with Crippen LogP contribution >= 0.6 is 0 Å². The third kappa shape index (κ3) is 4.17. The molecule has 1 aromatic heterocycles. The lowest BCUT2D eigenvalue weighted by Gasteiger charge is -2.14. The molecule has 0 aromatic carbocycles. The second kappa shape index (κ2) is 7.04. The van der Waals surface area contributed by atoms with Crippen LogP contribution in [0.5, 0.6) is 0 Å². The van der Waals surface area contributed by atoms with E-state index in [-0.39, 0.29) is 12.1 Å². The highest BCUT2D eigenvalue weighted by atomic mass is 16.5. The van der Waals surface area contributed by atoms with E-state index in [0.717, 1.165) is 0 Å². The average Bonchev–Trinajstić information content (AvgIpc) is 2.33. The Balaban J connectivity index is 2.97. The van der Waals surface area contributed by atoms with Crippen molar-refractivity contribution in [2.24, 2.45) is 0 Å². The van der Waals surface area contributed by atoms with E-state index in [9.17, 15) is 9.59 Å². The zero-order chi connectivity index (χ0) is 14.4. The molecule has 19 heavy (non-hydrogen) atoms. The van der Waals surface area contributed by atoms with Crippen LogP contribution in [0, 0.1) is 13.8 Å². The molecular formula is C13H20N2O4. The zero-order valence-corrected chi connectivity index (χ0v) is 11.6. The van der Waals surface area contributed by atoms with Gasteiger partial charge in [-0.2, -0.15) is 4.98 Å². The van der Waals surface area contributed by atoms with Crippen LogP contribution in [-0.2, 0) is 22.5 Å². The quantitative estimate of drug-likeness (QED) is 0.743. The van der Waals surface area contributed by atoms with Crippen molar-refractivity contribution in [3.8, 4) is 0 Å². The molecule has 0 aliphatic rings. The van der Waals surface area contributed by atoms with Crippen LogP contribution in [0.1, 0.15) is 30.3 Å². The lowest BCUT2D eigenvalue weighted by molar-refractivity contribution is -0.136. The van der Waals surface area contributed by atoms with Crippen molar-refractivity contribution >= 4 is 5.97 Å². The van der Waals surface area contributed by atoms with Gasteiger partial charge < -0.3 is 9.84 Å². The average molecular weight is 268 g/mol. The SMILES string of the molecule is CCOCCCn1c(C)c(CC(=O)O)c(C)nc1=O. The number of carboxylic acid groups (broad SMARTS) is 1. The van der Waals surface area contributed by atoms with Gasteiger partial charge in [-0.05, 0) is 27.2 Å². The predicted octanol–water partition coefficient (Wildman–Crippen LogP) is 0.914. The first-order valence-corrected chi connectivity index (χ1v) is 6.33. The normalized spacial score (nSPS) is 10.7. The molecule has 0 spiro atoms. The molecule has 1 rings (SSSR count). The summed E-state index contributed by atoms with van der Waals surface area (Å²) in [4.78, 5) is 26.5. The van der Waals surface area contributed by atoms with E-state index in [4.69, 9.17) is 9.84 Å². The Bertz CT molecular complexity index is 508. The maximum atomic E-state index is 11.8. The van der Waals surface area contributed by atoms with Gasteiger partial charge in [-0.1, -0.05) is 0 Å². The summed E-state index contributed by atoms with van der Waals surface area (Å²) in [6, 6.07) is 0. The molecule has 0 saturated heterocycles. The van der Waals surface area contributed by atoms with Crippen LogP contribution in [0.15, 0.2) is 4.79 Å². The van der Waals surface area contributed by atoms with E-state index in [1.165, 1.54) is 4.57 Å². The number of aliphatic carboxylic acids is 1. The Morgan fingerprint density at radius 1 is 1.42 bits per heavy atom. The molecule has 6 heteroatoms. The Hall–Kier alpha value is -1.69.